The van der Waals surface area contributed by atoms with Gasteiger partial charge >= 0.3 is 0 Å². The highest BCUT2D eigenvalue weighted by Gasteiger charge is 2.36. The molecule has 11 heavy (non-hydrogen) atoms. The molecule has 0 aromatic carbocycles. The van der Waals surface area contributed by atoms with Crippen molar-refractivity contribution in [3.8, 4) is 0 Å². The second-order valence-electron chi connectivity index (χ2n) is 4.10. The molecule has 0 radical (unpaired) electrons. The Hall–Kier alpha value is -0.560. The number of rotatable bonds is 2. The van der Waals surface area contributed by atoms with E-state index in [2.05, 4.69) is 39.4 Å². The Kier molecular flexibility index (Phi) is 2.19. The van der Waals surface area contributed by atoms with E-state index in [1.165, 1.54) is 13.1 Å². The molecule has 2 atom stereocenters. The van der Waals surface area contributed by atoms with E-state index in [-0.39, 0.29) is 0 Å². The van der Waals surface area contributed by atoms with Gasteiger partial charge in [-0.05, 0) is 0 Å². The van der Waals surface area contributed by atoms with E-state index in [0.29, 0.717) is 11.8 Å². The first-order valence-corrected chi connectivity index (χ1v) is 4.16. The van der Waals surface area contributed by atoms with Gasteiger partial charge in [0.05, 0.1) is 27.2 Å². The molecule has 1 rings (SSSR count). The summed E-state index contributed by atoms with van der Waals surface area (Å²) in [5, 5.41) is 0. The molecule has 1 aliphatic rings. The first kappa shape index (κ1) is 8.54. The highest BCUT2D eigenvalue weighted by atomic mass is 15.3. The lowest BCUT2D eigenvalue weighted by atomic mass is 9.97. The van der Waals surface area contributed by atoms with Crippen molar-refractivity contribution in [3.05, 3.63) is 25.3 Å². The molecule has 1 fully saturated rings. The van der Waals surface area contributed by atoms with E-state index in [1.54, 1.807) is 0 Å². The third-order valence-corrected chi connectivity index (χ3v) is 2.57. The van der Waals surface area contributed by atoms with E-state index in [4.69, 9.17) is 0 Å². The summed E-state index contributed by atoms with van der Waals surface area (Å²) >= 11 is 0. The van der Waals surface area contributed by atoms with Crippen molar-refractivity contribution < 1.29 is 4.48 Å². The standard InChI is InChI=1S/C10H18N/c1-5-9-7-11(3,4)8-10(9)6-2/h5-6,9-10H,1-2,7-8H2,3-4H3/q+1. The van der Waals surface area contributed by atoms with Crippen LogP contribution in [0.2, 0.25) is 0 Å². The predicted octanol–water partition coefficient (Wildman–Crippen LogP) is 1.68. The van der Waals surface area contributed by atoms with Gasteiger partial charge in [-0.15, -0.1) is 13.2 Å². The first-order valence-electron chi connectivity index (χ1n) is 4.16. The number of quaternary nitrogens is 1. The van der Waals surface area contributed by atoms with Gasteiger partial charge in [0.25, 0.3) is 0 Å². The van der Waals surface area contributed by atoms with Gasteiger partial charge in [0, 0.05) is 11.8 Å². The van der Waals surface area contributed by atoms with Gasteiger partial charge in [0.2, 0.25) is 0 Å². The van der Waals surface area contributed by atoms with Crippen molar-refractivity contribution in [2.45, 2.75) is 0 Å². The fourth-order valence-electron chi connectivity index (χ4n) is 1.99. The Morgan fingerprint density at radius 1 is 1.09 bits per heavy atom. The molecule has 1 nitrogen and oxygen atoms in total. The second kappa shape index (κ2) is 2.82. The summed E-state index contributed by atoms with van der Waals surface area (Å²) in [5.41, 5.74) is 0. The largest absolute Gasteiger partial charge is 0.327 e. The number of nitrogens with zero attached hydrogens (tertiary/aromatic N) is 1. The Morgan fingerprint density at radius 2 is 1.45 bits per heavy atom. The zero-order chi connectivity index (χ0) is 8.48. The van der Waals surface area contributed by atoms with Crippen molar-refractivity contribution in [3.63, 3.8) is 0 Å². The molecular weight excluding hydrogens is 134 g/mol. The quantitative estimate of drug-likeness (QED) is 0.417. The molecular formula is C10H18N+. The van der Waals surface area contributed by atoms with Gasteiger partial charge < -0.3 is 4.48 Å². The van der Waals surface area contributed by atoms with Crippen LogP contribution in [0.25, 0.3) is 0 Å². The van der Waals surface area contributed by atoms with Gasteiger partial charge in [-0.2, -0.15) is 0 Å². The lowest BCUT2D eigenvalue weighted by molar-refractivity contribution is -0.880. The average molecular weight is 152 g/mol. The minimum Gasteiger partial charge on any atom is -0.327 e. The van der Waals surface area contributed by atoms with Crippen molar-refractivity contribution in [1.29, 1.82) is 0 Å². The monoisotopic (exact) mass is 152 g/mol. The molecule has 1 heteroatoms. The minimum atomic E-state index is 0.641. The van der Waals surface area contributed by atoms with Crippen LogP contribution in [0, 0.1) is 11.8 Å². The summed E-state index contributed by atoms with van der Waals surface area (Å²) in [4.78, 5) is 0. The highest BCUT2D eigenvalue weighted by Crippen LogP contribution is 2.27. The Morgan fingerprint density at radius 3 is 1.73 bits per heavy atom. The van der Waals surface area contributed by atoms with Crippen LogP contribution in [-0.4, -0.2) is 31.7 Å². The van der Waals surface area contributed by atoms with Gasteiger partial charge in [-0.25, -0.2) is 0 Å². The molecule has 0 amide bonds. The van der Waals surface area contributed by atoms with Gasteiger partial charge in [0.1, 0.15) is 0 Å². The van der Waals surface area contributed by atoms with Crippen LogP contribution in [0.1, 0.15) is 0 Å². The number of likely N-dealkylation sites (tertiary alicyclic amines) is 1. The second-order valence-corrected chi connectivity index (χ2v) is 4.10. The molecule has 0 aromatic rings. The molecule has 1 heterocycles. The lowest BCUT2D eigenvalue weighted by Gasteiger charge is -2.23. The fraction of sp³-hybridized carbons (Fsp3) is 0.600. The zero-order valence-corrected chi connectivity index (χ0v) is 7.59. The van der Waals surface area contributed by atoms with E-state index < -0.39 is 0 Å². The van der Waals surface area contributed by atoms with E-state index >= 15 is 0 Å². The number of hydrogen-bond acceptors (Lipinski definition) is 0. The third kappa shape index (κ3) is 1.72. The molecule has 1 aliphatic heterocycles. The summed E-state index contributed by atoms with van der Waals surface area (Å²) in [6.07, 6.45) is 4.14. The van der Waals surface area contributed by atoms with Crippen molar-refractivity contribution >= 4 is 0 Å². The van der Waals surface area contributed by atoms with Crippen LogP contribution in [0.5, 0.6) is 0 Å². The highest BCUT2D eigenvalue weighted by molar-refractivity contribution is 4.96. The molecule has 0 bridgehead atoms. The van der Waals surface area contributed by atoms with Crippen LogP contribution in [0.4, 0.5) is 0 Å². The zero-order valence-electron chi connectivity index (χ0n) is 7.59. The maximum Gasteiger partial charge on any atom is 0.0854 e. The van der Waals surface area contributed by atoms with Crippen LogP contribution in [0.15, 0.2) is 25.3 Å². The molecule has 0 N–H and O–H groups in total. The van der Waals surface area contributed by atoms with Crippen LogP contribution < -0.4 is 0 Å². The van der Waals surface area contributed by atoms with Crippen LogP contribution in [0.3, 0.4) is 0 Å². The smallest absolute Gasteiger partial charge is 0.0854 e. The van der Waals surface area contributed by atoms with Gasteiger partial charge in [-0.3, -0.25) is 0 Å². The topological polar surface area (TPSA) is 0 Å². The molecule has 1 saturated heterocycles. The summed E-state index contributed by atoms with van der Waals surface area (Å²) in [6.45, 7) is 10.1. The number of hydrogen-bond donors (Lipinski definition) is 0. The van der Waals surface area contributed by atoms with Gasteiger partial charge in [0.15, 0.2) is 0 Å². The maximum absolute atomic E-state index is 3.85. The molecule has 0 spiro atoms. The van der Waals surface area contributed by atoms with Crippen molar-refractivity contribution in [2.75, 3.05) is 27.2 Å². The van der Waals surface area contributed by atoms with Crippen molar-refractivity contribution in [2.24, 2.45) is 11.8 Å². The fourth-order valence-corrected chi connectivity index (χ4v) is 1.99. The van der Waals surface area contributed by atoms with E-state index in [0.717, 1.165) is 4.48 Å². The molecule has 0 aromatic heterocycles. The SMILES string of the molecule is C=CC1C[N+](C)(C)CC1C=C. The molecule has 0 saturated carbocycles. The van der Waals surface area contributed by atoms with Gasteiger partial charge in [-0.1, -0.05) is 12.2 Å². The molecule has 62 valence electrons. The Bertz CT molecular complexity index is 152. The Labute approximate surface area is 69.6 Å². The maximum atomic E-state index is 3.85. The summed E-state index contributed by atoms with van der Waals surface area (Å²) in [6, 6.07) is 0. The van der Waals surface area contributed by atoms with E-state index in [1.807, 2.05) is 0 Å². The molecule has 2 unspecified atom stereocenters. The first-order chi connectivity index (χ1) is 5.09. The summed E-state index contributed by atoms with van der Waals surface area (Å²) in [7, 11) is 4.53. The van der Waals surface area contributed by atoms with Crippen molar-refractivity contribution in [1.82, 2.24) is 0 Å². The molecule has 0 aliphatic carbocycles. The van der Waals surface area contributed by atoms with Crippen LogP contribution in [-0.2, 0) is 0 Å². The minimum absolute atomic E-state index is 0.641. The summed E-state index contributed by atoms with van der Waals surface area (Å²) < 4.78 is 1.10. The predicted molar refractivity (Wildman–Crippen MR) is 49.2 cm³/mol. The lowest BCUT2D eigenvalue weighted by Crippen LogP contribution is -2.36. The van der Waals surface area contributed by atoms with Crippen LogP contribution >= 0.6 is 0 Å². The average Bonchev–Trinajstić information content (AvgIpc) is 2.25. The summed E-state index contributed by atoms with van der Waals surface area (Å²) in [5.74, 6) is 1.28. The van der Waals surface area contributed by atoms with E-state index in [9.17, 15) is 0 Å². The Balaban J connectivity index is 2.69. The normalized spacial score (nSPS) is 35.1. The third-order valence-electron chi connectivity index (χ3n) is 2.57.